The molecule has 0 atom stereocenters. The highest BCUT2D eigenvalue weighted by Crippen LogP contribution is 2.31. The van der Waals surface area contributed by atoms with Crippen molar-refractivity contribution in [3.8, 4) is 11.5 Å². The van der Waals surface area contributed by atoms with E-state index in [9.17, 15) is 0 Å². The molecule has 1 aromatic heterocycles. The number of ether oxygens (including phenoxy) is 2. The molecule has 6 heteroatoms. The summed E-state index contributed by atoms with van der Waals surface area (Å²) in [6.45, 7) is 3.69. The number of hydrogen-bond donors (Lipinski definition) is 1. The van der Waals surface area contributed by atoms with Crippen molar-refractivity contribution in [3.05, 3.63) is 72.3 Å². The lowest BCUT2D eigenvalue weighted by Gasteiger charge is -2.14. The Morgan fingerprint density at radius 2 is 1.55 bits per heavy atom. The number of hydroxylamine groups is 2. The molecular weight excluding hydrogens is 394 g/mol. The fourth-order valence-electron chi connectivity index (χ4n) is 3.03. The van der Waals surface area contributed by atoms with Gasteiger partial charge in [-0.3, -0.25) is 0 Å². The van der Waals surface area contributed by atoms with E-state index < -0.39 is 0 Å². The Morgan fingerprint density at radius 1 is 0.871 bits per heavy atom. The van der Waals surface area contributed by atoms with Crippen LogP contribution < -0.4 is 9.47 Å². The maximum atomic E-state index is 7.57. The second-order valence-electron chi connectivity index (χ2n) is 6.89. The number of hydrogen-bond acceptors (Lipinski definition) is 6. The summed E-state index contributed by atoms with van der Waals surface area (Å²) in [5, 5.41) is 11.5. The van der Waals surface area contributed by atoms with Crippen LogP contribution in [0.5, 0.6) is 11.5 Å². The molecule has 0 saturated heterocycles. The molecule has 1 N–H and O–H groups in total. The second kappa shape index (κ2) is 11.4. The van der Waals surface area contributed by atoms with E-state index in [1.165, 1.54) is 0 Å². The van der Waals surface area contributed by atoms with Gasteiger partial charge in [-0.25, -0.2) is 0 Å². The Kier molecular flexibility index (Phi) is 8.29. The number of nitrogens with zero attached hydrogens (tertiary/aromatic N) is 1. The number of benzene rings is 3. The zero-order valence-electron chi connectivity index (χ0n) is 18.2. The fourth-order valence-corrected chi connectivity index (χ4v) is 3.03. The van der Waals surface area contributed by atoms with Crippen molar-refractivity contribution in [2.75, 3.05) is 33.9 Å². The fraction of sp³-hybridized carbons (Fsp3) is 0.280. The van der Waals surface area contributed by atoms with Crippen LogP contribution in [-0.2, 0) is 11.4 Å². The second-order valence-corrected chi connectivity index (χ2v) is 6.89. The summed E-state index contributed by atoms with van der Waals surface area (Å²) in [4.78, 5) is 5.06. The summed E-state index contributed by atoms with van der Waals surface area (Å²) in [6, 6.07) is 21.9. The van der Waals surface area contributed by atoms with E-state index in [1.807, 2.05) is 67.7 Å². The van der Waals surface area contributed by atoms with Crippen molar-refractivity contribution in [2.45, 2.75) is 13.5 Å². The van der Waals surface area contributed by atoms with Crippen LogP contribution in [0.2, 0.25) is 0 Å². The van der Waals surface area contributed by atoms with Crippen molar-refractivity contribution in [1.82, 2.24) is 5.06 Å². The number of likely N-dealkylation sites (N-methyl/N-ethyl adjacent to an activating group) is 1. The third kappa shape index (κ3) is 6.21. The van der Waals surface area contributed by atoms with Crippen molar-refractivity contribution in [2.24, 2.45) is 0 Å². The summed E-state index contributed by atoms with van der Waals surface area (Å²) < 4.78 is 17.5. The van der Waals surface area contributed by atoms with Crippen LogP contribution in [0.4, 0.5) is 0 Å². The van der Waals surface area contributed by atoms with Gasteiger partial charge in [0.05, 0.1) is 13.7 Å². The lowest BCUT2D eigenvalue weighted by atomic mass is 10.1. The summed E-state index contributed by atoms with van der Waals surface area (Å²) in [7, 11) is 3.51. The zero-order chi connectivity index (χ0) is 22.1. The number of aliphatic hydroxyl groups is 1. The van der Waals surface area contributed by atoms with Crippen LogP contribution in [0.15, 0.2) is 71.1 Å². The van der Waals surface area contributed by atoms with Gasteiger partial charge in [0.1, 0.15) is 35.9 Å². The molecule has 0 aliphatic rings. The van der Waals surface area contributed by atoms with E-state index in [0.29, 0.717) is 19.8 Å². The van der Waals surface area contributed by atoms with Crippen molar-refractivity contribution < 1.29 is 23.8 Å². The minimum Gasteiger partial charge on any atom is -0.492 e. The Morgan fingerprint density at radius 3 is 2.29 bits per heavy atom. The molecule has 0 bridgehead atoms. The molecule has 0 unspecified atom stereocenters. The van der Waals surface area contributed by atoms with Crippen LogP contribution in [-0.4, -0.2) is 44.1 Å². The lowest BCUT2D eigenvalue weighted by molar-refractivity contribution is -0.113. The highest BCUT2D eigenvalue weighted by molar-refractivity contribution is 6.05. The van der Waals surface area contributed by atoms with Gasteiger partial charge >= 0.3 is 0 Å². The summed E-state index contributed by atoms with van der Waals surface area (Å²) in [5.74, 6) is 1.65. The van der Waals surface area contributed by atoms with E-state index in [1.54, 1.807) is 19.1 Å². The highest BCUT2D eigenvalue weighted by atomic mass is 16.7. The predicted molar refractivity (Wildman–Crippen MR) is 122 cm³/mol. The molecule has 6 nitrogen and oxygen atoms in total. The molecule has 0 aliphatic carbocycles. The Labute approximate surface area is 182 Å². The molecule has 3 aromatic carbocycles. The normalized spacial score (nSPS) is 10.9. The van der Waals surface area contributed by atoms with Gasteiger partial charge < -0.3 is 23.8 Å². The molecule has 1 heterocycles. The quantitative estimate of drug-likeness (QED) is 0.401. The predicted octanol–water partition coefficient (Wildman–Crippen LogP) is 5.04. The van der Waals surface area contributed by atoms with Crippen molar-refractivity contribution in [3.63, 3.8) is 0 Å². The monoisotopic (exact) mass is 423 g/mol. The van der Waals surface area contributed by atoms with Crippen LogP contribution in [0.1, 0.15) is 12.5 Å². The highest BCUT2D eigenvalue weighted by Gasteiger charge is 2.07. The standard InChI is InChI=1S/C23H23NO4.C2H6O/c1-24(25-2)13-14-26-18-9-7-17(8-10-18)16-27-19-11-12-23-21(15-19)20-5-3-4-6-22(20)28-23;1-2-3/h3-12,15H,13-14,16H2,1-2H3;3H,2H2,1H3. The summed E-state index contributed by atoms with van der Waals surface area (Å²) in [6.07, 6.45) is 0. The molecule has 0 amide bonds. The van der Waals surface area contributed by atoms with Gasteiger partial charge in [0.25, 0.3) is 0 Å². The molecule has 4 rings (SSSR count). The maximum absolute atomic E-state index is 7.57. The molecule has 0 radical (unpaired) electrons. The van der Waals surface area contributed by atoms with Gasteiger partial charge in [-0.15, -0.1) is 0 Å². The van der Waals surface area contributed by atoms with Gasteiger partial charge in [0.15, 0.2) is 0 Å². The minimum atomic E-state index is 0.250. The molecule has 0 aliphatic heterocycles. The molecule has 164 valence electrons. The Hall–Kier alpha value is -3.06. The first kappa shape index (κ1) is 22.6. The average molecular weight is 424 g/mol. The van der Waals surface area contributed by atoms with E-state index in [0.717, 1.165) is 39.0 Å². The van der Waals surface area contributed by atoms with Crippen molar-refractivity contribution in [1.29, 1.82) is 0 Å². The lowest BCUT2D eigenvalue weighted by Crippen LogP contribution is -2.22. The molecule has 0 saturated carbocycles. The van der Waals surface area contributed by atoms with E-state index in [2.05, 4.69) is 6.07 Å². The first-order valence-corrected chi connectivity index (χ1v) is 10.3. The largest absolute Gasteiger partial charge is 0.492 e. The van der Waals surface area contributed by atoms with E-state index in [-0.39, 0.29) is 6.61 Å². The SMILES string of the molecule is CCO.CON(C)CCOc1ccc(COc2ccc3oc4ccccc4c3c2)cc1. The maximum Gasteiger partial charge on any atom is 0.135 e. The van der Waals surface area contributed by atoms with E-state index >= 15 is 0 Å². The number of aliphatic hydroxyl groups excluding tert-OH is 1. The summed E-state index contributed by atoms with van der Waals surface area (Å²) >= 11 is 0. The van der Waals surface area contributed by atoms with Gasteiger partial charge in [-0.1, -0.05) is 30.3 Å². The van der Waals surface area contributed by atoms with Gasteiger partial charge in [-0.2, -0.15) is 5.06 Å². The number of furan rings is 1. The number of rotatable bonds is 8. The minimum absolute atomic E-state index is 0.250. The first-order valence-electron chi connectivity index (χ1n) is 10.3. The van der Waals surface area contributed by atoms with E-state index in [4.69, 9.17) is 23.8 Å². The van der Waals surface area contributed by atoms with Crippen LogP contribution in [0.3, 0.4) is 0 Å². The van der Waals surface area contributed by atoms with Crippen LogP contribution in [0.25, 0.3) is 21.9 Å². The molecular formula is C25H29NO5. The van der Waals surface area contributed by atoms with Gasteiger partial charge in [0, 0.05) is 24.4 Å². The summed E-state index contributed by atoms with van der Waals surface area (Å²) in [5.41, 5.74) is 2.84. The number of para-hydroxylation sites is 1. The third-order valence-corrected chi connectivity index (χ3v) is 4.66. The van der Waals surface area contributed by atoms with Gasteiger partial charge in [0.2, 0.25) is 0 Å². The van der Waals surface area contributed by atoms with Crippen LogP contribution >= 0.6 is 0 Å². The Bertz CT molecular complexity index is 1070. The third-order valence-electron chi connectivity index (χ3n) is 4.66. The number of fused-ring (bicyclic) bond motifs is 3. The zero-order valence-corrected chi connectivity index (χ0v) is 18.2. The Balaban J connectivity index is 0.000000858. The average Bonchev–Trinajstić information content (AvgIpc) is 3.17. The van der Waals surface area contributed by atoms with Crippen molar-refractivity contribution >= 4 is 21.9 Å². The molecule has 0 fully saturated rings. The van der Waals surface area contributed by atoms with Crippen LogP contribution in [0, 0.1) is 0 Å². The smallest absolute Gasteiger partial charge is 0.135 e. The molecule has 4 aromatic rings. The molecule has 31 heavy (non-hydrogen) atoms. The molecule has 0 spiro atoms. The topological polar surface area (TPSA) is 64.3 Å². The first-order chi connectivity index (χ1) is 15.1. The van der Waals surface area contributed by atoms with Gasteiger partial charge in [-0.05, 0) is 48.9 Å².